The number of hydrogen-bond acceptors (Lipinski definition) is 2. The van der Waals surface area contributed by atoms with Gasteiger partial charge < -0.3 is 9.84 Å². The van der Waals surface area contributed by atoms with Gasteiger partial charge in [-0.15, -0.1) is 0 Å². The molecule has 3 nitrogen and oxygen atoms in total. The first kappa shape index (κ1) is 25.6. The van der Waals surface area contributed by atoms with Gasteiger partial charge in [-0.05, 0) is 127 Å². The van der Waals surface area contributed by atoms with E-state index in [1.807, 2.05) is 12.1 Å². The lowest BCUT2D eigenvalue weighted by Crippen LogP contribution is -2.48. The van der Waals surface area contributed by atoms with Crippen molar-refractivity contribution in [3.63, 3.8) is 0 Å². The van der Waals surface area contributed by atoms with Gasteiger partial charge in [-0.1, -0.05) is 24.3 Å². The van der Waals surface area contributed by atoms with E-state index in [1.54, 1.807) is 13.2 Å². The first-order chi connectivity index (χ1) is 17.6. The minimum atomic E-state index is -4.46. The van der Waals surface area contributed by atoms with Gasteiger partial charge in [-0.25, -0.2) is 4.79 Å². The van der Waals surface area contributed by atoms with E-state index in [9.17, 15) is 18.0 Å². The van der Waals surface area contributed by atoms with E-state index in [0.29, 0.717) is 17.6 Å². The van der Waals surface area contributed by atoms with Crippen LogP contribution in [-0.4, -0.2) is 18.2 Å². The molecular weight excluding hydrogens is 477 g/mol. The van der Waals surface area contributed by atoms with Crippen molar-refractivity contribution in [1.82, 2.24) is 0 Å². The highest BCUT2D eigenvalue weighted by Gasteiger charge is 2.52. The number of carboxylic acid groups (broad SMARTS) is 1. The molecule has 4 fully saturated rings. The number of hydrogen-bond donors (Lipinski definition) is 1. The molecule has 2 aromatic carbocycles. The average Bonchev–Trinajstić information content (AvgIpc) is 2.84. The summed E-state index contributed by atoms with van der Waals surface area (Å²) in [5, 5.41) is 9.13. The quantitative estimate of drug-likeness (QED) is 0.291. The molecule has 0 radical (unpaired) electrons. The van der Waals surface area contributed by atoms with Gasteiger partial charge in [0.25, 0.3) is 0 Å². The molecule has 4 saturated carbocycles. The van der Waals surface area contributed by atoms with E-state index in [-0.39, 0.29) is 5.41 Å². The van der Waals surface area contributed by atoms with Gasteiger partial charge in [-0.2, -0.15) is 13.2 Å². The highest BCUT2D eigenvalue weighted by Crippen LogP contribution is 2.61. The second kappa shape index (κ2) is 10.0. The molecule has 2 aromatic rings. The third-order valence-corrected chi connectivity index (χ3v) is 8.63. The van der Waals surface area contributed by atoms with Crippen molar-refractivity contribution in [3.05, 3.63) is 82.9 Å². The number of alkyl halides is 3. The number of aliphatic carboxylic acids is 1. The molecule has 4 aliphatic carbocycles. The Morgan fingerprint density at radius 3 is 2.30 bits per heavy atom. The number of benzene rings is 2. The van der Waals surface area contributed by atoms with Gasteiger partial charge >= 0.3 is 12.1 Å². The van der Waals surface area contributed by atoms with E-state index >= 15 is 0 Å². The standard InChI is InChI=1S/C31H33F3O3/c1-37-27-10-8-24(28(16-27)30-17-20-12-21(18-30)14-22(13-20)19-30)5-2-4-23(9-11-29(35)36)25-6-3-7-26(15-25)31(32,33)34/h3-4,6-11,15-16,20-22H,2,5,12-14,17-19H2,1H3,(H,35,36)/b11-9+,23-4-. The lowest BCUT2D eigenvalue weighted by atomic mass is 9.47. The number of aryl methyl sites for hydroxylation is 1. The van der Waals surface area contributed by atoms with Crippen LogP contribution in [0, 0.1) is 17.8 Å². The Morgan fingerprint density at radius 1 is 1.03 bits per heavy atom. The van der Waals surface area contributed by atoms with Crippen LogP contribution < -0.4 is 4.74 Å². The summed E-state index contributed by atoms with van der Waals surface area (Å²) < 4.78 is 45.5. The number of rotatable bonds is 8. The van der Waals surface area contributed by atoms with Crippen molar-refractivity contribution in [2.75, 3.05) is 7.11 Å². The zero-order chi connectivity index (χ0) is 26.2. The minimum absolute atomic E-state index is 0.190. The molecule has 1 N–H and O–H groups in total. The van der Waals surface area contributed by atoms with Crippen LogP contribution >= 0.6 is 0 Å². The summed E-state index contributed by atoms with van der Waals surface area (Å²) in [5.74, 6) is 2.13. The van der Waals surface area contributed by atoms with E-state index in [2.05, 4.69) is 12.1 Å². The molecule has 4 aliphatic rings. The normalized spacial score (nSPS) is 27.1. The Bertz CT molecular complexity index is 1190. The Kier molecular flexibility index (Phi) is 6.95. The fraction of sp³-hybridized carbons (Fsp3) is 0.452. The number of allylic oxidation sites excluding steroid dienone is 3. The van der Waals surface area contributed by atoms with Crippen LogP contribution in [0.2, 0.25) is 0 Å². The van der Waals surface area contributed by atoms with E-state index in [4.69, 9.17) is 9.84 Å². The maximum Gasteiger partial charge on any atom is 0.416 e. The minimum Gasteiger partial charge on any atom is -0.497 e. The lowest BCUT2D eigenvalue weighted by Gasteiger charge is -2.57. The molecule has 0 aromatic heterocycles. The van der Waals surface area contributed by atoms with Crippen molar-refractivity contribution in [3.8, 4) is 5.75 Å². The number of ether oxygens (including phenoxy) is 1. The summed E-state index contributed by atoms with van der Waals surface area (Å²) in [6.45, 7) is 0. The largest absolute Gasteiger partial charge is 0.497 e. The fourth-order valence-corrected chi connectivity index (χ4v) is 7.54. The van der Waals surface area contributed by atoms with Crippen molar-refractivity contribution >= 4 is 11.5 Å². The van der Waals surface area contributed by atoms with Gasteiger partial charge in [-0.3, -0.25) is 0 Å². The fourth-order valence-electron chi connectivity index (χ4n) is 7.54. The molecule has 0 unspecified atom stereocenters. The second-order valence-corrected chi connectivity index (χ2v) is 11.2. The SMILES string of the molecule is COc1ccc(CC/C=C(/C=C/C(=O)O)c2cccc(C(F)(F)F)c2)c(C23CC4CC(CC(C4)C2)C3)c1. The summed E-state index contributed by atoms with van der Waals surface area (Å²) in [6, 6.07) is 11.4. The third kappa shape index (κ3) is 5.48. The molecule has 6 rings (SSSR count). The van der Waals surface area contributed by atoms with Crippen LogP contribution in [-0.2, 0) is 22.8 Å². The molecule has 0 heterocycles. The highest BCUT2D eigenvalue weighted by atomic mass is 19.4. The third-order valence-electron chi connectivity index (χ3n) is 8.63. The zero-order valence-corrected chi connectivity index (χ0v) is 21.1. The van der Waals surface area contributed by atoms with Crippen LogP contribution in [0.25, 0.3) is 5.57 Å². The Balaban J connectivity index is 1.44. The number of carboxylic acids is 1. The van der Waals surface area contributed by atoms with Crippen molar-refractivity contribution in [1.29, 1.82) is 0 Å². The summed E-state index contributed by atoms with van der Waals surface area (Å²) in [5.41, 5.74) is 2.89. The summed E-state index contributed by atoms with van der Waals surface area (Å²) >= 11 is 0. The van der Waals surface area contributed by atoms with E-state index in [1.165, 1.54) is 61.8 Å². The van der Waals surface area contributed by atoms with Gasteiger partial charge in [0.15, 0.2) is 0 Å². The molecule has 0 amide bonds. The summed E-state index contributed by atoms with van der Waals surface area (Å²) in [4.78, 5) is 11.2. The molecule has 6 heteroatoms. The van der Waals surface area contributed by atoms with E-state index < -0.39 is 17.7 Å². The second-order valence-electron chi connectivity index (χ2n) is 11.2. The monoisotopic (exact) mass is 510 g/mol. The maximum absolute atomic E-state index is 13.3. The van der Waals surface area contributed by atoms with Gasteiger partial charge in [0.2, 0.25) is 0 Å². The topological polar surface area (TPSA) is 46.5 Å². The predicted octanol–water partition coefficient (Wildman–Crippen LogP) is 7.84. The molecule has 0 atom stereocenters. The first-order valence-corrected chi connectivity index (χ1v) is 13.1. The van der Waals surface area contributed by atoms with Crippen LogP contribution in [0.1, 0.15) is 67.2 Å². The van der Waals surface area contributed by atoms with E-state index in [0.717, 1.165) is 48.1 Å². The average molecular weight is 511 g/mol. The summed E-state index contributed by atoms with van der Waals surface area (Å²) in [6.07, 6.45) is 8.81. The number of halogens is 3. The molecule has 4 bridgehead atoms. The summed E-state index contributed by atoms with van der Waals surface area (Å²) in [7, 11) is 1.69. The molecular formula is C31H33F3O3. The van der Waals surface area contributed by atoms with Gasteiger partial charge in [0, 0.05) is 6.08 Å². The van der Waals surface area contributed by atoms with Crippen molar-refractivity contribution in [2.24, 2.45) is 17.8 Å². The lowest BCUT2D eigenvalue weighted by molar-refractivity contribution is -0.137. The van der Waals surface area contributed by atoms with Crippen LogP contribution in [0.4, 0.5) is 13.2 Å². The van der Waals surface area contributed by atoms with Gasteiger partial charge in [0.1, 0.15) is 5.75 Å². The number of methoxy groups -OCH3 is 1. The zero-order valence-electron chi connectivity index (χ0n) is 21.1. The maximum atomic E-state index is 13.3. The molecule has 0 aliphatic heterocycles. The molecule has 37 heavy (non-hydrogen) atoms. The van der Waals surface area contributed by atoms with Crippen molar-refractivity contribution < 1.29 is 27.8 Å². The number of carbonyl (C=O) groups is 1. The molecule has 196 valence electrons. The molecule has 0 spiro atoms. The predicted molar refractivity (Wildman–Crippen MR) is 137 cm³/mol. The van der Waals surface area contributed by atoms with Crippen molar-refractivity contribution in [2.45, 2.75) is 63.0 Å². The Morgan fingerprint density at radius 2 is 1.70 bits per heavy atom. The molecule has 0 saturated heterocycles. The first-order valence-electron chi connectivity index (χ1n) is 13.1. The smallest absolute Gasteiger partial charge is 0.416 e. The highest BCUT2D eigenvalue weighted by molar-refractivity contribution is 5.85. The Labute approximate surface area is 216 Å². The van der Waals surface area contributed by atoms with Crippen LogP contribution in [0.15, 0.2) is 60.7 Å². The Hall–Kier alpha value is -3.02. The van der Waals surface area contributed by atoms with Gasteiger partial charge in [0.05, 0.1) is 12.7 Å². The van der Waals surface area contributed by atoms with Crippen LogP contribution in [0.3, 0.4) is 0 Å². The van der Waals surface area contributed by atoms with Crippen LogP contribution in [0.5, 0.6) is 5.75 Å².